The highest BCUT2D eigenvalue weighted by Gasteiger charge is 2.27. The minimum Gasteiger partial charge on any atom is -0.372 e. The first-order chi connectivity index (χ1) is 7.38. The molecule has 16 heavy (non-hydrogen) atoms. The van der Waals surface area contributed by atoms with Crippen LogP contribution >= 0.6 is 7.29 Å². The van der Waals surface area contributed by atoms with E-state index in [2.05, 4.69) is 30.0 Å². The molecule has 1 heterocycles. The van der Waals surface area contributed by atoms with Crippen LogP contribution in [0.4, 0.5) is 0 Å². The van der Waals surface area contributed by atoms with E-state index in [9.17, 15) is 4.57 Å². The molecule has 1 aliphatic rings. The predicted molar refractivity (Wildman–Crippen MR) is 71.2 cm³/mol. The van der Waals surface area contributed by atoms with Gasteiger partial charge in [-0.3, -0.25) is 0 Å². The van der Waals surface area contributed by atoms with Crippen LogP contribution in [0, 0.1) is 5.92 Å². The average molecular weight is 244 g/mol. The molecule has 1 rings (SSSR count). The summed E-state index contributed by atoms with van der Waals surface area (Å²) in [5.74, 6) is 0.506. The minimum atomic E-state index is -2.05. The second kappa shape index (κ2) is 5.37. The Morgan fingerprint density at radius 3 is 2.19 bits per heavy atom. The predicted octanol–water partition coefficient (Wildman–Crippen LogP) is 2.70. The van der Waals surface area contributed by atoms with Crippen molar-refractivity contribution in [2.45, 2.75) is 20.8 Å². The third kappa shape index (κ3) is 3.11. The highest BCUT2D eigenvalue weighted by molar-refractivity contribution is 7.60. The Balaban J connectivity index is 2.52. The van der Waals surface area contributed by atoms with Crippen LogP contribution < -0.4 is 0 Å². The Labute approximate surface area is 99.9 Å². The van der Waals surface area contributed by atoms with Gasteiger partial charge in [0.1, 0.15) is 7.29 Å². The molecule has 0 spiro atoms. The second-order valence-corrected chi connectivity index (χ2v) is 8.25. The molecule has 3 nitrogen and oxygen atoms in total. The van der Waals surface area contributed by atoms with E-state index in [0.29, 0.717) is 5.92 Å². The van der Waals surface area contributed by atoms with E-state index in [0.717, 1.165) is 32.3 Å². The van der Waals surface area contributed by atoms with Crippen molar-refractivity contribution in [1.29, 1.82) is 0 Å². The summed E-state index contributed by atoms with van der Waals surface area (Å²) in [7, 11) is -2.05. The maximum Gasteiger partial charge on any atom is 0.147 e. The summed E-state index contributed by atoms with van der Waals surface area (Å²) >= 11 is 0. The molecule has 1 unspecified atom stereocenters. The van der Waals surface area contributed by atoms with Gasteiger partial charge in [0.2, 0.25) is 0 Å². The van der Waals surface area contributed by atoms with Gasteiger partial charge in [-0.15, -0.1) is 0 Å². The van der Waals surface area contributed by atoms with E-state index < -0.39 is 7.29 Å². The van der Waals surface area contributed by atoms with Crippen molar-refractivity contribution in [2.24, 2.45) is 5.92 Å². The lowest BCUT2D eigenvalue weighted by molar-refractivity contribution is 0.214. The zero-order chi connectivity index (χ0) is 12.3. The van der Waals surface area contributed by atoms with Crippen LogP contribution in [0.25, 0.3) is 0 Å². The standard InChI is InChI=1S/C12H25N2OP/c1-6-16(5,15)14-9-7-13(8-10-14)12(4)11(2)3/h11H,4,6-10H2,1-3,5H3. The lowest BCUT2D eigenvalue weighted by Crippen LogP contribution is -2.44. The van der Waals surface area contributed by atoms with Gasteiger partial charge in [0.25, 0.3) is 0 Å². The maximum absolute atomic E-state index is 12.2. The first kappa shape index (κ1) is 13.8. The topological polar surface area (TPSA) is 23.6 Å². The van der Waals surface area contributed by atoms with Crippen molar-refractivity contribution >= 4 is 7.29 Å². The highest BCUT2D eigenvalue weighted by atomic mass is 31.2. The van der Waals surface area contributed by atoms with Crippen molar-refractivity contribution in [3.63, 3.8) is 0 Å². The molecule has 0 radical (unpaired) electrons. The third-order valence-electron chi connectivity index (χ3n) is 3.51. The molecule has 1 aliphatic heterocycles. The maximum atomic E-state index is 12.2. The molecule has 1 fully saturated rings. The lowest BCUT2D eigenvalue weighted by Gasteiger charge is -2.40. The molecule has 0 N–H and O–H groups in total. The van der Waals surface area contributed by atoms with Crippen LogP contribution in [0.3, 0.4) is 0 Å². The summed E-state index contributed by atoms with van der Waals surface area (Å²) in [6.45, 7) is 16.1. The van der Waals surface area contributed by atoms with E-state index in [1.165, 1.54) is 5.70 Å². The highest BCUT2D eigenvalue weighted by Crippen LogP contribution is 2.45. The van der Waals surface area contributed by atoms with E-state index in [1.807, 2.05) is 13.6 Å². The number of hydrogen-bond acceptors (Lipinski definition) is 2. The average Bonchev–Trinajstić information content (AvgIpc) is 2.28. The van der Waals surface area contributed by atoms with Gasteiger partial charge >= 0.3 is 0 Å². The van der Waals surface area contributed by atoms with Crippen LogP contribution in [-0.2, 0) is 4.57 Å². The quantitative estimate of drug-likeness (QED) is 0.710. The van der Waals surface area contributed by atoms with Crippen LogP contribution in [0.15, 0.2) is 12.3 Å². The molecular formula is C12H25N2OP. The summed E-state index contributed by atoms with van der Waals surface area (Å²) in [6, 6.07) is 0. The van der Waals surface area contributed by atoms with Crippen LogP contribution in [0.5, 0.6) is 0 Å². The van der Waals surface area contributed by atoms with E-state index in [-0.39, 0.29) is 0 Å². The first-order valence-electron chi connectivity index (χ1n) is 6.14. The van der Waals surface area contributed by atoms with E-state index >= 15 is 0 Å². The van der Waals surface area contributed by atoms with Gasteiger partial charge < -0.3 is 9.46 Å². The third-order valence-corrected chi connectivity index (χ3v) is 6.28. The molecule has 0 aromatic rings. The number of nitrogens with zero attached hydrogens (tertiary/aromatic N) is 2. The zero-order valence-electron chi connectivity index (χ0n) is 11.1. The fourth-order valence-electron chi connectivity index (χ4n) is 1.97. The molecule has 94 valence electrons. The number of piperazine rings is 1. The second-order valence-electron chi connectivity index (χ2n) is 4.95. The first-order valence-corrected chi connectivity index (χ1v) is 8.43. The van der Waals surface area contributed by atoms with Gasteiger partial charge in [-0.1, -0.05) is 27.4 Å². The molecule has 0 bridgehead atoms. The smallest absolute Gasteiger partial charge is 0.147 e. The van der Waals surface area contributed by atoms with Crippen molar-refractivity contribution in [3.8, 4) is 0 Å². The monoisotopic (exact) mass is 244 g/mol. The Bertz CT molecular complexity index is 293. The molecular weight excluding hydrogens is 219 g/mol. The van der Waals surface area contributed by atoms with Gasteiger partial charge in [-0.25, -0.2) is 4.67 Å². The summed E-state index contributed by atoms with van der Waals surface area (Å²) < 4.78 is 14.4. The largest absolute Gasteiger partial charge is 0.372 e. The zero-order valence-corrected chi connectivity index (χ0v) is 12.0. The molecule has 0 saturated carbocycles. The lowest BCUT2D eigenvalue weighted by atomic mass is 10.1. The number of hydrogen-bond donors (Lipinski definition) is 0. The Hall–Kier alpha value is -0.270. The normalized spacial score (nSPS) is 22.2. The van der Waals surface area contributed by atoms with Crippen LogP contribution in [0.1, 0.15) is 20.8 Å². The molecule has 4 heteroatoms. The van der Waals surface area contributed by atoms with Gasteiger partial charge in [-0.05, 0) is 5.92 Å². The molecule has 0 aromatic heterocycles. The Morgan fingerprint density at radius 1 is 1.31 bits per heavy atom. The SMILES string of the molecule is C=C(C(C)C)N1CCN(P(C)(=O)CC)CC1. The molecule has 0 amide bonds. The Kier molecular flexibility index (Phi) is 4.63. The fraction of sp³-hybridized carbons (Fsp3) is 0.833. The summed E-state index contributed by atoms with van der Waals surface area (Å²) in [5.41, 5.74) is 1.21. The summed E-state index contributed by atoms with van der Waals surface area (Å²) in [4.78, 5) is 2.33. The van der Waals surface area contributed by atoms with Gasteiger partial charge in [0.05, 0.1) is 0 Å². The van der Waals surface area contributed by atoms with Crippen molar-refractivity contribution in [3.05, 3.63) is 12.3 Å². The molecule has 1 atom stereocenters. The van der Waals surface area contributed by atoms with Gasteiger partial charge in [-0.2, -0.15) is 0 Å². The molecule has 0 aliphatic carbocycles. The Morgan fingerprint density at radius 2 is 1.81 bits per heavy atom. The minimum absolute atomic E-state index is 0.506. The number of rotatable bonds is 4. The summed E-state index contributed by atoms with van der Waals surface area (Å²) in [5, 5.41) is 0. The van der Waals surface area contributed by atoms with Gasteiger partial charge in [0, 0.05) is 44.7 Å². The summed E-state index contributed by atoms with van der Waals surface area (Å²) in [6.07, 6.45) is 0.776. The number of allylic oxidation sites excluding steroid dienone is 1. The van der Waals surface area contributed by atoms with Gasteiger partial charge in [0.15, 0.2) is 0 Å². The van der Waals surface area contributed by atoms with E-state index in [4.69, 9.17) is 0 Å². The molecule has 1 saturated heterocycles. The molecule has 0 aromatic carbocycles. The van der Waals surface area contributed by atoms with E-state index in [1.54, 1.807) is 0 Å². The fourth-order valence-corrected chi connectivity index (χ4v) is 3.40. The van der Waals surface area contributed by atoms with Crippen molar-refractivity contribution in [1.82, 2.24) is 9.57 Å². The van der Waals surface area contributed by atoms with Crippen molar-refractivity contribution in [2.75, 3.05) is 39.0 Å². The van der Waals surface area contributed by atoms with Crippen molar-refractivity contribution < 1.29 is 4.57 Å². The van der Waals surface area contributed by atoms with Crippen LogP contribution in [-0.4, -0.2) is 48.6 Å². The van der Waals surface area contributed by atoms with Crippen LogP contribution in [0.2, 0.25) is 0 Å².